The van der Waals surface area contributed by atoms with E-state index in [1.807, 2.05) is 0 Å². The maximum Gasteiger partial charge on any atom is 0.136 e. The number of ketones is 1. The van der Waals surface area contributed by atoms with Crippen molar-refractivity contribution in [3.8, 4) is 0 Å². The van der Waals surface area contributed by atoms with Crippen molar-refractivity contribution in [3.05, 3.63) is 0 Å². The number of Topliss-reactive ketones (excluding diaryl/α,β-unsaturated/α-hetero) is 1. The third-order valence-electron chi connectivity index (χ3n) is 4.19. The Balaban J connectivity index is 2.00. The van der Waals surface area contributed by atoms with Gasteiger partial charge in [-0.25, -0.2) is 0 Å². The molecule has 4 unspecified atom stereocenters. The number of rotatable bonds is 0. The molecule has 4 fully saturated rings. The lowest BCUT2D eigenvalue weighted by Crippen LogP contribution is -2.43. The summed E-state index contributed by atoms with van der Waals surface area (Å²) in [5.74, 6) is 1.79. The Morgan fingerprint density at radius 3 is 2.69 bits per heavy atom. The van der Waals surface area contributed by atoms with Gasteiger partial charge in [-0.2, -0.15) is 0 Å². The Morgan fingerprint density at radius 2 is 1.92 bits per heavy atom. The summed E-state index contributed by atoms with van der Waals surface area (Å²) in [4.78, 5) is 11.7. The van der Waals surface area contributed by atoms with Crippen molar-refractivity contribution >= 4 is 5.78 Å². The van der Waals surface area contributed by atoms with E-state index in [2.05, 4.69) is 0 Å². The molecular weight excluding hydrogens is 164 g/mol. The molecule has 0 aromatic carbocycles. The molecule has 0 amide bonds. The van der Waals surface area contributed by atoms with Crippen LogP contribution in [0.1, 0.15) is 38.5 Å². The Bertz CT molecular complexity index is 261. The van der Waals surface area contributed by atoms with Crippen LogP contribution in [0, 0.1) is 17.8 Å². The van der Waals surface area contributed by atoms with Gasteiger partial charge >= 0.3 is 0 Å². The topological polar surface area (TPSA) is 37.3 Å². The molecule has 0 saturated heterocycles. The SMILES string of the molecule is O=C1CC2CC3CC1CC(O)(C2)C3. The van der Waals surface area contributed by atoms with Crippen LogP contribution in [0.5, 0.6) is 0 Å². The van der Waals surface area contributed by atoms with E-state index in [0.717, 1.165) is 32.1 Å². The van der Waals surface area contributed by atoms with Crippen LogP contribution in [0.25, 0.3) is 0 Å². The van der Waals surface area contributed by atoms with E-state index in [9.17, 15) is 9.90 Å². The fourth-order valence-corrected chi connectivity index (χ4v) is 3.94. The van der Waals surface area contributed by atoms with Gasteiger partial charge in [0.25, 0.3) is 0 Å². The highest BCUT2D eigenvalue weighted by molar-refractivity contribution is 5.82. The molecule has 4 rings (SSSR count). The van der Waals surface area contributed by atoms with Crippen LogP contribution in [0.3, 0.4) is 0 Å². The van der Waals surface area contributed by atoms with Crippen molar-refractivity contribution in [3.63, 3.8) is 0 Å². The average Bonchev–Trinajstić information content (AvgIpc) is 2.12. The van der Waals surface area contributed by atoms with E-state index in [4.69, 9.17) is 0 Å². The van der Waals surface area contributed by atoms with Gasteiger partial charge in [-0.05, 0) is 43.9 Å². The Hall–Kier alpha value is -0.370. The van der Waals surface area contributed by atoms with E-state index in [1.165, 1.54) is 6.42 Å². The van der Waals surface area contributed by atoms with Gasteiger partial charge < -0.3 is 5.11 Å². The van der Waals surface area contributed by atoms with E-state index >= 15 is 0 Å². The summed E-state index contributed by atoms with van der Waals surface area (Å²) in [6.45, 7) is 0. The lowest BCUT2D eigenvalue weighted by Gasteiger charge is -2.44. The first kappa shape index (κ1) is 7.98. The zero-order chi connectivity index (χ0) is 9.05. The maximum absolute atomic E-state index is 11.7. The summed E-state index contributed by atoms with van der Waals surface area (Å²) in [7, 11) is 0. The summed E-state index contributed by atoms with van der Waals surface area (Å²) >= 11 is 0. The van der Waals surface area contributed by atoms with Gasteiger partial charge in [0.2, 0.25) is 0 Å². The largest absolute Gasteiger partial charge is 0.390 e. The van der Waals surface area contributed by atoms with Crippen LogP contribution < -0.4 is 0 Å². The number of hydrogen-bond acceptors (Lipinski definition) is 2. The van der Waals surface area contributed by atoms with Crippen molar-refractivity contribution in [1.29, 1.82) is 0 Å². The number of carbonyl (C=O) groups excluding carboxylic acids is 1. The smallest absolute Gasteiger partial charge is 0.136 e. The molecule has 0 aromatic rings. The Labute approximate surface area is 78.3 Å². The predicted octanol–water partition coefficient (Wildman–Crippen LogP) is 1.52. The van der Waals surface area contributed by atoms with Gasteiger partial charge in [0.1, 0.15) is 5.78 Å². The van der Waals surface area contributed by atoms with Crippen molar-refractivity contribution in [2.75, 3.05) is 0 Å². The average molecular weight is 180 g/mol. The minimum atomic E-state index is -0.456. The van der Waals surface area contributed by atoms with Gasteiger partial charge in [-0.3, -0.25) is 4.79 Å². The fourth-order valence-electron chi connectivity index (χ4n) is 3.94. The molecule has 0 radical (unpaired) electrons. The van der Waals surface area contributed by atoms with Crippen LogP contribution in [0.4, 0.5) is 0 Å². The molecule has 1 N–H and O–H groups in total. The normalized spacial score (nSPS) is 53.9. The molecule has 2 nitrogen and oxygen atoms in total. The minimum absolute atomic E-state index is 0.205. The first-order valence-corrected chi connectivity index (χ1v) is 5.40. The highest BCUT2D eigenvalue weighted by atomic mass is 16.3. The van der Waals surface area contributed by atoms with Gasteiger partial charge in [0.05, 0.1) is 5.60 Å². The maximum atomic E-state index is 11.7. The van der Waals surface area contributed by atoms with Crippen LogP contribution in [0.15, 0.2) is 0 Å². The van der Waals surface area contributed by atoms with Crippen molar-refractivity contribution < 1.29 is 9.90 Å². The first-order chi connectivity index (χ1) is 6.15. The molecule has 0 heterocycles. The first-order valence-electron chi connectivity index (χ1n) is 5.40. The van der Waals surface area contributed by atoms with E-state index in [1.54, 1.807) is 0 Å². The summed E-state index contributed by atoms with van der Waals surface area (Å²) < 4.78 is 0. The molecule has 2 heteroatoms. The molecule has 0 spiro atoms. The Kier molecular flexibility index (Phi) is 1.44. The fraction of sp³-hybridized carbons (Fsp3) is 0.909. The van der Waals surface area contributed by atoms with Crippen LogP contribution in [-0.4, -0.2) is 16.5 Å². The molecule has 72 valence electrons. The van der Waals surface area contributed by atoms with Gasteiger partial charge in [0.15, 0.2) is 0 Å². The third kappa shape index (κ3) is 1.15. The molecule has 4 aliphatic carbocycles. The Morgan fingerprint density at radius 1 is 1.15 bits per heavy atom. The number of carbonyl (C=O) groups is 1. The zero-order valence-corrected chi connectivity index (χ0v) is 7.83. The second-order valence-electron chi connectivity index (χ2n) is 5.41. The molecule has 4 bridgehead atoms. The van der Waals surface area contributed by atoms with E-state index in [0.29, 0.717) is 17.6 Å². The minimum Gasteiger partial charge on any atom is -0.390 e. The van der Waals surface area contributed by atoms with Gasteiger partial charge in [0, 0.05) is 12.3 Å². The van der Waals surface area contributed by atoms with Crippen LogP contribution in [0.2, 0.25) is 0 Å². The summed E-state index contributed by atoms with van der Waals surface area (Å²) in [5.41, 5.74) is -0.456. The summed E-state index contributed by atoms with van der Waals surface area (Å²) in [6.07, 6.45) is 5.64. The highest BCUT2D eigenvalue weighted by Crippen LogP contribution is 2.51. The quantitative estimate of drug-likeness (QED) is 0.613. The standard InChI is InChI=1S/C11H16O2/c12-10-3-8-1-7-2-9(10)6-11(13,4-7)5-8/h7-9,13H,1-6H2. The molecule has 0 aliphatic heterocycles. The molecule has 4 saturated carbocycles. The summed E-state index contributed by atoms with van der Waals surface area (Å²) in [6, 6.07) is 0. The lowest BCUT2D eigenvalue weighted by molar-refractivity contribution is -0.126. The monoisotopic (exact) mass is 180 g/mol. The highest BCUT2D eigenvalue weighted by Gasteiger charge is 2.50. The summed E-state index contributed by atoms with van der Waals surface area (Å²) in [5, 5.41) is 10.2. The van der Waals surface area contributed by atoms with E-state index in [-0.39, 0.29) is 5.92 Å². The number of hydrogen-bond donors (Lipinski definition) is 1. The molecule has 0 aromatic heterocycles. The van der Waals surface area contributed by atoms with Crippen LogP contribution >= 0.6 is 0 Å². The number of aliphatic hydroxyl groups is 1. The molecule has 13 heavy (non-hydrogen) atoms. The lowest BCUT2D eigenvalue weighted by atomic mass is 9.65. The van der Waals surface area contributed by atoms with Crippen molar-refractivity contribution in [2.45, 2.75) is 44.1 Å². The second kappa shape index (κ2) is 2.35. The second-order valence-corrected chi connectivity index (χ2v) is 5.41. The zero-order valence-electron chi connectivity index (χ0n) is 7.83. The van der Waals surface area contributed by atoms with Gasteiger partial charge in [-0.15, -0.1) is 0 Å². The van der Waals surface area contributed by atoms with Gasteiger partial charge in [-0.1, -0.05) is 0 Å². The van der Waals surface area contributed by atoms with Crippen molar-refractivity contribution in [1.82, 2.24) is 0 Å². The van der Waals surface area contributed by atoms with E-state index < -0.39 is 5.60 Å². The molecule has 4 atom stereocenters. The molecular formula is C11H16O2. The third-order valence-corrected chi connectivity index (χ3v) is 4.19. The van der Waals surface area contributed by atoms with Crippen molar-refractivity contribution in [2.24, 2.45) is 17.8 Å². The van der Waals surface area contributed by atoms with Crippen LogP contribution in [-0.2, 0) is 4.79 Å². The number of fused-ring (bicyclic) bond motifs is 1. The predicted molar refractivity (Wildman–Crippen MR) is 48.1 cm³/mol. The molecule has 4 aliphatic rings.